The van der Waals surface area contributed by atoms with Crippen LogP contribution in [0.25, 0.3) is 0 Å². The Kier molecular flexibility index (Phi) is 4.96. The molecular formula is C13H17F3N2O3S. The summed E-state index contributed by atoms with van der Waals surface area (Å²) in [6.07, 6.45) is -3.53. The number of hydrogen-bond donors (Lipinski definition) is 0. The molecule has 1 aliphatic rings. The highest BCUT2D eigenvalue weighted by atomic mass is 32.2. The highest BCUT2D eigenvalue weighted by Crippen LogP contribution is 2.35. The van der Waals surface area contributed by atoms with Gasteiger partial charge in [-0.05, 0) is 25.8 Å². The maximum atomic E-state index is 12.6. The Labute approximate surface area is 127 Å². The Morgan fingerprint density at radius 3 is 2.41 bits per heavy atom. The zero-order chi connectivity index (χ0) is 16.4. The molecule has 9 heteroatoms. The van der Waals surface area contributed by atoms with Crippen molar-refractivity contribution >= 4 is 10.0 Å². The van der Waals surface area contributed by atoms with Crippen molar-refractivity contribution in [3.8, 4) is 5.88 Å². The van der Waals surface area contributed by atoms with Crippen LogP contribution >= 0.6 is 0 Å². The van der Waals surface area contributed by atoms with Gasteiger partial charge in [0.25, 0.3) is 0 Å². The molecule has 5 nitrogen and oxygen atoms in total. The van der Waals surface area contributed by atoms with Crippen LogP contribution in [0.2, 0.25) is 0 Å². The van der Waals surface area contributed by atoms with Crippen LogP contribution in [0.4, 0.5) is 13.2 Å². The number of aromatic nitrogens is 1. The van der Waals surface area contributed by atoms with Gasteiger partial charge in [-0.2, -0.15) is 17.5 Å². The number of hydrogen-bond acceptors (Lipinski definition) is 4. The van der Waals surface area contributed by atoms with Gasteiger partial charge in [0.2, 0.25) is 15.9 Å². The van der Waals surface area contributed by atoms with E-state index in [9.17, 15) is 21.6 Å². The normalized spacial score (nSPS) is 18.4. The van der Waals surface area contributed by atoms with Gasteiger partial charge in [0, 0.05) is 19.2 Å². The zero-order valence-corrected chi connectivity index (χ0v) is 12.8. The average molecular weight is 338 g/mol. The average Bonchev–Trinajstić information content (AvgIpc) is 2.47. The van der Waals surface area contributed by atoms with Crippen molar-refractivity contribution in [3.05, 3.63) is 18.3 Å². The van der Waals surface area contributed by atoms with Gasteiger partial charge in [-0.1, -0.05) is 0 Å². The van der Waals surface area contributed by atoms with E-state index < -0.39 is 22.1 Å². The fraction of sp³-hybridized carbons (Fsp3) is 0.615. The Balaban J connectivity index is 2.08. The molecule has 0 aromatic carbocycles. The van der Waals surface area contributed by atoms with Crippen molar-refractivity contribution in [2.75, 3.05) is 19.7 Å². The lowest BCUT2D eigenvalue weighted by molar-refractivity contribution is -0.182. The number of pyridine rings is 1. The lowest BCUT2D eigenvalue weighted by atomic mass is 9.98. The van der Waals surface area contributed by atoms with E-state index in [0.29, 0.717) is 12.5 Å². The Bertz CT molecular complexity index is 594. The third kappa shape index (κ3) is 3.70. The fourth-order valence-corrected chi connectivity index (χ4v) is 3.74. The molecular weight excluding hydrogens is 321 g/mol. The van der Waals surface area contributed by atoms with Crippen molar-refractivity contribution in [2.45, 2.75) is 30.8 Å². The molecule has 0 spiro atoms. The van der Waals surface area contributed by atoms with Gasteiger partial charge in [-0.15, -0.1) is 0 Å². The Morgan fingerprint density at radius 1 is 1.32 bits per heavy atom. The van der Waals surface area contributed by atoms with Gasteiger partial charge in [0.1, 0.15) is 4.90 Å². The number of piperidine rings is 1. The first-order valence-corrected chi connectivity index (χ1v) is 8.35. The van der Waals surface area contributed by atoms with Crippen LogP contribution in [0.15, 0.2) is 23.2 Å². The molecule has 0 N–H and O–H groups in total. The quantitative estimate of drug-likeness (QED) is 0.846. The van der Waals surface area contributed by atoms with Crippen LogP contribution in [0.3, 0.4) is 0 Å². The fourth-order valence-electron chi connectivity index (χ4n) is 2.33. The lowest BCUT2D eigenvalue weighted by Gasteiger charge is -2.32. The minimum atomic E-state index is -4.27. The summed E-state index contributed by atoms with van der Waals surface area (Å²) in [6, 6.07) is 2.78. The van der Waals surface area contributed by atoms with Gasteiger partial charge in [0.05, 0.1) is 18.7 Å². The molecule has 0 amide bonds. The molecule has 2 rings (SSSR count). The predicted molar refractivity (Wildman–Crippen MR) is 72.9 cm³/mol. The van der Waals surface area contributed by atoms with E-state index in [-0.39, 0.29) is 30.8 Å². The molecule has 0 aliphatic carbocycles. The van der Waals surface area contributed by atoms with Crippen molar-refractivity contribution < 1.29 is 26.3 Å². The minimum absolute atomic E-state index is 0.0404. The molecule has 1 aliphatic heterocycles. The van der Waals surface area contributed by atoms with Crippen molar-refractivity contribution in [3.63, 3.8) is 0 Å². The van der Waals surface area contributed by atoms with Crippen molar-refractivity contribution in [2.24, 2.45) is 5.92 Å². The molecule has 0 saturated carbocycles. The lowest BCUT2D eigenvalue weighted by Crippen LogP contribution is -2.42. The zero-order valence-electron chi connectivity index (χ0n) is 12.0. The number of rotatable bonds is 4. The summed E-state index contributed by atoms with van der Waals surface area (Å²) in [5.74, 6) is -1.13. The van der Waals surface area contributed by atoms with E-state index in [1.54, 1.807) is 6.92 Å². The van der Waals surface area contributed by atoms with E-state index in [0.717, 1.165) is 10.5 Å². The summed E-state index contributed by atoms with van der Waals surface area (Å²) < 4.78 is 68.8. The van der Waals surface area contributed by atoms with Gasteiger partial charge in [-0.25, -0.2) is 13.4 Å². The van der Waals surface area contributed by atoms with Gasteiger partial charge in [-0.3, -0.25) is 0 Å². The van der Waals surface area contributed by atoms with Crippen LogP contribution in [-0.4, -0.2) is 43.6 Å². The molecule has 2 heterocycles. The van der Waals surface area contributed by atoms with Crippen LogP contribution in [-0.2, 0) is 10.0 Å². The van der Waals surface area contributed by atoms with E-state index in [2.05, 4.69) is 4.98 Å². The predicted octanol–water partition coefficient (Wildman–Crippen LogP) is 2.44. The molecule has 0 unspecified atom stereocenters. The van der Waals surface area contributed by atoms with Crippen LogP contribution < -0.4 is 4.74 Å². The van der Waals surface area contributed by atoms with Crippen molar-refractivity contribution in [1.82, 2.24) is 9.29 Å². The highest BCUT2D eigenvalue weighted by molar-refractivity contribution is 7.89. The number of alkyl halides is 3. The van der Waals surface area contributed by atoms with Gasteiger partial charge >= 0.3 is 6.18 Å². The summed E-state index contributed by atoms with van der Waals surface area (Å²) in [6.45, 7) is 1.90. The standard InChI is InChI=1S/C13H17F3N2O3S/c1-2-21-12-4-3-11(9-17-12)22(19,20)18-7-5-10(6-8-18)13(14,15)16/h3-4,9-10H,2,5-8H2,1H3. The first-order valence-electron chi connectivity index (χ1n) is 6.91. The van der Waals surface area contributed by atoms with Crippen LogP contribution in [0, 0.1) is 5.92 Å². The second-order valence-corrected chi connectivity index (χ2v) is 6.92. The van der Waals surface area contributed by atoms with E-state index in [4.69, 9.17) is 4.74 Å². The molecule has 1 fully saturated rings. The third-order valence-electron chi connectivity index (χ3n) is 3.56. The van der Waals surface area contributed by atoms with E-state index in [1.807, 2.05) is 0 Å². The smallest absolute Gasteiger partial charge is 0.391 e. The Hall–Kier alpha value is -1.35. The summed E-state index contributed by atoms with van der Waals surface area (Å²) in [7, 11) is -3.81. The summed E-state index contributed by atoms with van der Waals surface area (Å²) in [5.41, 5.74) is 0. The summed E-state index contributed by atoms with van der Waals surface area (Å²) in [5, 5.41) is 0. The molecule has 0 radical (unpaired) electrons. The second kappa shape index (κ2) is 6.41. The molecule has 1 saturated heterocycles. The topological polar surface area (TPSA) is 59.5 Å². The molecule has 0 atom stereocenters. The first-order chi connectivity index (χ1) is 10.2. The van der Waals surface area contributed by atoms with Gasteiger partial charge in [0.15, 0.2) is 0 Å². The van der Waals surface area contributed by atoms with Crippen molar-refractivity contribution in [1.29, 1.82) is 0 Å². The molecule has 0 bridgehead atoms. The number of ether oxygens (including phenoxy) is 1. The SMILES string of the molecule is CCOc1ccc(S(=O)(=O)N2CCC(C(F)(F)F)CC2)cn1. The minimum Gasteiger partial charge on any atom is -0.478 e. The van der Waals surface area contributed by atoms with E-state index in [1.165, 1.54) is 12.1 Å². The largest absolute Gasteiger partial charge is 0.478 e. The molecule has 22 heavy (non-hydrogen) atoms. The molecule has 1 aromatic rings. The number of halogens is 3. The highest BCUT2D eigenvalue weighted by Gasteiger charge is 2.43. The third-order valence-corrected chi connectivity index (χ3v) is 5.44. The molecule has 1 aromatic heterocycles. The Morgan fingerprint density at radius 2 is 1.95 bits per heavy atom. The first kappa shape index (κ1) is 17.0. The monoisotopic (exact) mass is 338 g/mol. The van der Waals surface area contributed by atoms with Gasteiger partial charge < -0.3 is 4.74 Å². The number of nitrogens with zero attached hydrogens (tertiary/aromatic N) is 2. The summed E-state index contributed by atoms with van der Waals surface area (Å²) >= 11 is 0. The maximum Gasteiger partial charge on any atom is 0.391 e. The second-order valence-electron chi connectivity index (χ2n) is 4.99. The summed E-state index contributed by atoms with van der Waals surface area (Å²) in [4.78, 5) is 3.84. The van der Waals surface area contributed by atoms with Crippen LogP contribution in [0.5, 0.6) is 5.88 Å². The molecule has 124 valence electrons. The maximum absolute atomic E-state index is 12.6. The van der Waals surface area contributed by atoms with E-state index >= 15 is 0 Å². The van der Waals surface area contributed by atoms with Crippen LogP contribution in [0.1, 0.15) is 19.8 Å². The number of sulfonamides is 1.